The Morgan fingerprint density at radius 2 is 1.81 bits per heavy atom. The van der Waals surface area contributed by atoms with Gasteiger partial charge < -0.3 is 15.2 Å². The molecule has 1 saturated carbocycles. The number of methoxy groups -OCH3 is 1. The van der Waals surface area contributed by atoms with E-state index < -0.39 is 11.9 Å². The van der Waals surface area contributed by atoms with Crippen molar-refractivity contribution in [2.24, 2.45) is 5.92 Å². The molecule has 1 aliphatic carbocycles. The minimum absolute atomic E-state index is 0.125. The first-order chi connectivity index (χ1) is 15.0. The highest BCUT2D eigenvalue weighted by molar-refractivity contribution is 5.94. The van der Waals surface area contributed by atoms with Gasteiger partial charge in [0.05, 0.1) is 13.0 Å². The molecule has 1 fully saturated rings. The Hall–Kier alpha value is -2.82. The van der Waals surface area contributed by atoms with Crippen molar-refractivity contribution in [3.63, 3.8) is 0 Å². The van der Waals surface area contributed by atoms with Crippen molar-refractivity contribution in [1.29, 1.82) is 0 Å². The molecule has 5 heteroatoms. The molecule has 2 aromatic carbocycles. The number of hydrogen-bond acceptors (Lipinski definition) is 3. The van der Waals surface area contributed by atoms with Gasteiger partial charge >= 0.3 is 5.97 Å². The van der Waals surface area contributed by atoms with Crippen molar-refractivity contribution in [3.8, 4) is 5.75 Å². The number of amides is 1. The maximum absolute atomic E-state index is 12.7. The van der Waals surface area contributed by atoms with Crippen molar-refractivity contribution >= 4 is 11.9 Å². The van der Waals surface area contributed by atoms with Gasteiger partial charge in [-0.05, 0) is 60.9 Å². The highest BCUT2D eigenvalue weighted by Gasteiger charge is 2.18. The van der Waals surface area contributed by atoms with Crippen LogP contribution in [0.4, 0.5) is 0 Å². The molecule has 1 atom stereocenters. The molecular weight excluding hydrogens is 390 g/mol. The van der Waals surface area contributed by atoms with E-state index in [9.17, 15) is 14.7 Å². The van der Waals surface area contributed by atoms with Crippen LogP contribution in [0.1, 0.15) is 78.4 Å². The van der Waals surface area contributed by atoms with Crippen LogP contribution in [0.5, 0.6) is 5.75 Å². The number of carboxylic acid groups (broad SMARTS) is 1. The first kappa shape index (κ1) is 22.9. The van der Waals surface area contributed by atoms with Crippen LogP contribution >= 0.6 is 0 Å². The lowest BCUT2D eigenvalue weighted by atomic mass is 9.84. The number of carbonyl (C=O) groups excluding carboxylic acids is 1. The predicted octanol–water partition coefficient (Wildman–Crippen LogP) is 5.33. The van der Waals surface area contributed by atoms with Crippen molar-refractivity contribution < 1.29 is 19.4 Å². The Morgan fingerprint density at radius 1 is 1.10 bits per heavy atom. The summed E-state index contributed by atoms with van der Waals surface area (Å²) in [7, 11) is 1.59. The Balaban J connectivity index is 1.64. The number of carboxylic acids is 1. The Morgan fingerprint density at radius 3 is 2.42 bits per heavy atom. The molecule has 2 aromatic rings. The molecule has 1 amide bonds. The first-order valence-electron chi connectivity index (χ1n) is 11.3. The maximum Gasteiger partial charge on any atom is 0.306 e. The third-order valence-electron chi connectivity index (χ3n) is 6.36. The zero-order valence-electron chi connectivity index (χ0n) is 18.5. The topological polar surface area (TPSA) is 75.6 Å². The zero-order chi connectivity index (χ0) is 22.2. The number of benzene rings is 2. The van der Waals surface area contributed by atoms with Crippen molar-refractivity contribution in [1.82, 2.24) is 5.32 Å². The predicted molar refractivity (Wildman–Crippen MR) is 122 cm³/mol. The maximum atomic E-state index is 12.7. The van der Waals surface area contributed by atoms with E-state index >= 15 is 0 Å². The van der Waals surface area contributed by atoms with Gasteiger partial charge in [0.1, 0.15) is 5.75 Å². The second-order valence-electron chi connectivity index (χ2n) is 8.43. The van der Waals surface area contributed by atoms with Crippen molar-refractivity contribution in [2.45, 2.75) is 64.3 Å². The molecule has 3 rings (SSSR count). The molecule has 5 nitrogen and oxygen atoms in total. The fourth-order valence-electron chi connectivity index (χ4n) is 4.41. The molecule has 0 aliphatic heterocycles. The van der Waals surface area contributed by atoms with E-state index in [0.29, 0.717) is 36.6 Å². The monoisotopic (exact) mass is 423 g/mol. The fraction of sp³-hybridized carbons (Fsp3) is 0.462. The van der Waals surface area contributed by atoms with Crippen LogP contribution in [-0.4, -0.2) is 24.1 Å². The van der Waals surface area contributed by atoms with Gasteiger partial charge in [-0.25, -0.2) is 0 Å². The Bertz CT molecular complexity index is 885. The van der Waals surface area contributed by atoms with Crippen LogP contribution in [0.3, 0.4) is 0 Å². The number of rotatable bonds is 9. The fourth-order valence-corrected chi connectivity index (χ4v) is 4.41. The van der Waals surface area contributed by atoms with Gasteiger partial charge in [-0.15, -0.1) is 0 Å². The van der Waals surface area contributed by atoms with Gasteiger partial charge in [-0.2, -0.15) is 0 Å². The summed E-state index contributed by atoms with van der Waals surface area (Å²) < 4.78 is 5.43. The molecule has 166 valence electrons. The van der Waals surface area contributed by atoms with Crippen molar-refractivity contribution in [3.05, 3.63) is 64.7 Å². The van der Waals surface area contributed by atoms with Crippen LogP contribution in [0.15, 0.2) is 42.5 Å². The Labute approximate surface area is 184 Å². The summed E-state index contributed by atoms with van der Waals surface area (Å²) in [5, 5.41) is 12.3. The van der Waals surface area contributed by atoms with Gasteiger partial charge in [-0.3, -0.25) is 9.59 Å². The summed E-state index contributed by atoms with van der Waals surface area (Å²) in [6.45, 7) is 2.20. The van der Waals surface area contributed by atoms with Crippen LogP contribution in [-0.2, 0) is 17.8 Å². The largest absolute Gasteiger partial charge is 0.496 e. The first-order valence-corrected chi connectivity index (χ1v) is 11.3. The quantitative estimate of drug-likeness (QED) is 0.572. The molecule has 0 spiro atoms. The lowest BCUT2D eigenvalue weighted by Crippen LogP contribution is -2.23. The third-order valence-corrected chi connectivity index (χ3v) is 6.36. The second-order valence-corrected chi connectivity index (χ2v) is 8.43. The van der Waals surface area contributed by atoms with E-state index in [2.05, 4.69) is 17.4 Å². The average Bonchev–Trinajstić information content (AvgIpc) is 2.81. The van der Waals surface area contributed by atoms with E-state index in [0.717, 1.165) is 11.1 Å². The molecule has 31 heavy (non-hydrogen) atoms. The summed E-state index contributed by atoms with van der Waals surface area (Å²) in [5.74, 6) is -0.0290. The SMILES string of the molecule is CC[C@H](Cc1ccc(OC)c(CNC(=O)c2ccc(C3CCCCC3)cc2)c1)C(=O)O. The standard InChI is InChI=1S/C26H33NO4/c1-3-19(26(29)30)15-18-9-14-24(31-2)23(16-18)17-27-25(28)22-12-10-21(11-13-22)20-7-5-4-6-8-20/h9-14,16,19-20H,3-8,15,17H2,1-2H3,(H,27,28)(H,29,30)/t19-/m1/s1. The summed E-state index contributed by atoms with van der Waals surface area (Å²) in [4.78, 5) is 24.0. The van der Waals surface area contributed by atoms with Crippen LogP contribution in [0, 0.1) is 5.92 Å². The highest BCUT2D eigenvalue weighted by Crippen LogP contribution is 2.32. The normalized spacial score (nSPS) is 15.3. The van der Waals surface area contributed by atoms with Crippen LogP contribution in [0.25, 0.3) is 0 Å². The molecule has 0 bridgehead atoms. The van der Waals surface area contributed by atoms with E-state index in [1.165, 1.54) is 37.7 Å². The second kappa shape index (κ2) is 11.0. The third kappa shape index (κ3) is 6.09. The number of aliphatic carboxylic acids is 1. The molecule has 0 saturated heterocycles. The lowest BCUT2D eigenvalue weighted by molar-refractivity contribution is -0.141. The summed E-state index contributed by atoms with van der Waals surface area (Å²) in [6.07, 6.45) is 7.42. The summed E-state index contributed by atoms with van der Waals surface area (Å²) in [5.41, 5.74) is 3.74. The van der Waals surface area contributed by atoms with E-state index in [-0.39, 0.29) is 5.91 Å². The van der Waals surface area contributed by atoms with Gasteiger partial charge in [0.15, 0.2) is 0 Å². The summed E-state index contributed by atoms with van der Waals surface area (Å²) in [6, 6.07) is 13.6. The van der Waals surface area contributed by atoms with Gasteiger partial charge in [0.25, 0.3) is 5.91 Å². The molecule has 0 radical (unpaired) electrons. The number of carbonyl (C=O) groups is 2. The molecule has 1 aliphatic rings. The number of ether oxygens (including phenoxy) is 1. The van der Waals surface area contributed by atoms with Gasteiger partial charge in [-0.1, -0.05) is 50.5 Å². The van der Waals surface area contributed by atoms with E-state index in [1.54, 1.807) is 7.11 Å². The molecular formula is C26H33NO4. The average molecular weight is 424 g/mol. The van der Waals surface area contributed by atoms with E-state index in [4.69, 9.17) is 4.74 Å². The van der Waals surface area contributed by atoms with Gasteiger partial charge in [0, 0.05) is 17.7 Å². The minimum Gasteiger partial charge on any atom is -0.496 e. The minimum atomic E-state index is -0.787. The van der Waals surface area contributed by atoms with Crippen LogP contribution < -0.4 is 10.1 Å². The molecule has 0 unspecified atom stereocenters. The van der Waals surface area contributed by atoms with E-state index in [1.807, 2.05) is 37.3 Å². The molecule has 0 aromatic heterocycles. The molecule has 2 N–H and O–H groups in total. The lowest BCUT2D eigenvalue weighted by Gasteiger charge is -2.22. The highest BCUT2D eigenvalue weighted by atomic mass is 16.5. The van der Waals surface area contributed by atoms with Crippen molar-refractivity contribution in [2.75, 3.05) is 7.11 Å². The Kier molecular flexibility index (Phi) is 8.10. The number of nitrogens with one attached hydrogen (secondary N) is 1. The van der Waals surface area contributed by atoms with Gasteiger partial charge in [0.2, 0.25) is 0 Å². The van der Waals surface area contributed by atoms with Crippen LogP contribution in [0.2, 0.25) is 0 Å². The molecule has 0 heterocycles. The smallest absolute Gasteiger partial charge is 0.306 e. The summed E-state index contributed by atoms with van der Waals surface area (Å²) >= 11 is 0. The number of hydrogen-bond donors (Lipinski definition) is 2. The zero-order valence-corrected chi connectivity index (χ0v) is 18.5.